The lowest BCUT2D eigenvalue weighted by Gasteiger charge is -2.42. The highest BCUT2D eigenvalue weighted by Crippen LogP contribution is 2.20. The van der Waals surface area contributed by atoms with Crippen LogP contribution in [0.15, 0.2) is 11.8 Å². The summed E-state index contributed by atoms with van der Waals surface area (Å²) in [4.78, 5) is 2.41. The first-order chi connectivity index (χ1) is 7.06. The summed E-state index contributed by atoms with van der Waals surface area (Å²) in [6.45, 7) is 6.73. The zero-order chi connectivity index (χ0) is 11.4. The first-order valence-corrected chi connectivity index (χ1v) is 5.84. The molecule has 0 N–H and O–H groups in total. The number of nitrogens with zero attached hydrogens (tertiary/aromatic N) is 3. The number of piperidine rings is 1. The molecule has 0 saturated carbocycles. The molecular weight excluding hydrogens is 186 g/mol. The Kier molecular flexibility index (Phi) is 4.61. The van der Waals surface area contributed by atoms with E-state index in [-0.39, 0.29) is 0 Å². The van der Waals surface area contributed by atoms with E-state index in [9.17, 15) is 0 Å². The van der Waals surface area contributed by atoms with E-state index >= 15 is 0 Å². The third-order valence-electron chi connectivity index (χ3n) is 3.24. The number of hydrogen-bond acceptors (Lipinski definition) is 3. The van der Waals surface area contributed by atoms with E-state index in [1.165, 1.54) is 31.6 Å². The smallest absolute Gasteiger partial charge is 0.0477 e. The molecule has 0 aromatic rings. The molecule has 1 aliphatic heterocycles. The summed E-state index contributed by atoms with van der Waals surface area (Å²) >= 11 is 0. The molecule has 0 atom stereocenters. The van der Waals surface area contributed by atoms with Crippen molar-refractivity contribution in [3.8, 4) is 0 Å². The van der Waals surface area contributed by atoms with Crippen LogP contribution in [0.1, 0.15) is 26.7 Å². The molecule has 0 bridgehead atoms. The minimum absolute atomic E-state index is 0.674. The van der Waals surface area contributed by atoms with Crippen molar-refractivity contribution in [1.29, 1.82) is 0 Å². The number of likely N-dealkylation sites (tertiary alicyclic amines) is 1. The Morgan fingerprint density at radius 1 is 1.27 bits per heavy atom. The lowest BCUT2D eigenvalue weighted by atomic mass is 10.0. The summed E-state index contributed by atoms with van der Waals surface area (Å²) in [5.74, 6) is 0. The summed E-state index contributed by atoms with van der Waals surface area (Å²) in [6, 6.07) is 0.674. The number of rotatable bonds is 3. The largest absolute Gasteiger partial charge is 0.308 e. The van der Waals surface area contributed by atoms with Crippen LogP contribution < -0.4 is 0 Å². The van der Waals surface area contributed by atoms with Crippen LogP contribution in [0.25, 0.3) is 0 Å². The minimum Gasteiger partial charge on any atom is -0.308 e. The monoisotopic (exact) mass is 211 g/mol. The fourth-order valence-electron chi connectivity index (χ4n) is 2.30. The molecule has 1 heterocycles. The van der Waals surface area contributed by atoms with E-state index in [0.717, 1.165) is 0 Å². The minimum atomic E-state index is 0.674. The fourth-order valence-corrected chi connectivity index (χ4v) is 2.30. The quantitative estimate of drug-likeness (QED) is 0.659. The Morgan fingerprint density at radius 3 is 2.20 bits per heavy atom. The average Bonchev–Trinajstić information content (AvgIpc) is 2.20. The van der Waals surface area contributed by atoms with Gasteiger partial charge in [0.05, 0.1) is 0 Å². The summed E-state index contributed by atoms with van der Waals surface area (Å²) in [5.41, 5.74) is 1.36. The second-order valence-corrected chi connectivity index (χ2v) is 4.66. The van der Waals surface area contributed by atoms with Gasteiger partial charge in [0.15, 0.2) is 0 Å². The van der Waals surface area contributed by atoms with Crippen LogP contribution in [0.5, 0.6) is 0 Å². The predicted octanol–water partition coefficient (Wildman–Crippen LogP) is 1.78. The number of hydrogen-bond donors (Lipinski definition) is 0. The molecule has 15 heavy (non-hydrogen) atoms. The molecule has 0 unspecified atom stereocenters. The van der Waals surface area contributed by atoms with Gasteiger partial charge < -0.3 is 9.91 Å². The van der Waals surface area contributed by atoms with Crippen molar-refractivity contribution < 1.29 is 0 Å². The maximum absolute atomic E-state index is 2.42. The molecule has 3 heteroatoms. The maximum Gasteiger partial charge on any atom is 0.0477 e. The lowest BCUT2D eigenvalue weighted by molar-refractivity contribution is -0.00499. The van der Waals surface area contributed by atoms with Crippen LogP contribution in [-0.4, -0.2) is 55.2 Å². The molecule has 3 nitrogen and oxygen atoms in total. The molecule has 88 valence electrons. The third-order valence-corrected chi connectivity index (χ3v) is 3.24. The zero-order valence-corrected chi connectivity index (χ0v) is 10.8. The van der Waals surface area contributed by atoms with Gasteiger partial charge in [-0.2, -0.15) is 0 Å². The third kappa shape index (κ3) is 3.21. The molecule has 1 rings (SSSR count). The van der Waals surface area contributed by atoms with Crippen molar-refractivity contribution in [3.05, 3.63) is 11.8 Å². The first kappa shape index (κ1) is 12.5. The van der Waals surface area contributed by atoms with Crippen LogP contribution >= 0.6 is 0 Å². The van der Waals surface area contributed by atoms with E-state index < -0.39 is 0 Å². The lowest BCUT2D eigenvalue weighted by Crippen LogP contribution is -2.48. The Balaban J connectivity index is 2.65. The summed E-state index contributed by atoms with van der Waals surface area (Å²) in [6.07, 6.45) is 4.72. The van der Waals surface area contributed by atoms with Gasteiger partial charge in [-0.3, -0.25) is 0 Å². The van der Waals surface area contributed by atoms with Gasteiger partial charge >= 0.3 is 0 Å². The van der Waals surface area contributed by atoms with Crippen LogP contribution in [0.2, 0.25) is 0 Å². The molecule has 1 saturated heterocycles. The van der Waals surface area contributed by atoms with Crippen molar-refractivity contribution in [2.24, 2.45) is 0 Å². The van der Waals surface area contributed by atoms with E-state index in [1.54, 1.807) is 0 Å². The topological polar surface area (TPSA) is 9.72 Å². The Hall–Kier alpha value is -0.540. The Labute approximate surface area is 94.3 Å². The second kappa shape index (κ2) is 5.52. The molecule has 0 aromatic heterocycles. The van der Waals surface area contributed by atoms with Crippen molar-refractivity contribution >= 4 is 0 Å². The first-order valence-electron chi connectivity index (χ1n) is 5.84. The molecule has 0 aromatic carbocycles. The van der Waals surface area contributed by atoms with Crippen LogP contribution in [0, 0.1) is 0 Å². The molecule has 0 radical (unpaired) electrons. The second-order valence-electron chi connectivity index (χ2n) is 4.66. The average molecular weight is 211 g/mol. The van der Waals surface area contributed by atoms with Crippen molar-refractivity contribution in [2.45, 2.75) is 32.7 Å². The van der Waals surface area contributed by atoms with E-state index in [2.05, 4.69) is 56.0 Å². The van der Waals surface area contributed by atoms with Crippen molar-refractivity contribution in [2.75, 3.05) is 34.2 Å². The number of allylic oxidation sites excluding steroid dienone is 2. The Bertz CT molecular complexity index is 215. The van der Waals surface area contributed by atoms with Gasteiger partial charge in [0, 0.05) is 25.8 Å². The normalized spacial score (nSPS) is 21.1. The summed E-state index contributed by atoms with van der Waals surface area (Å²) in [5, 5.41) is 4.64. The van der Waals surface area contributed by atoms with Gasteiger partial charge in [-0.25, -0.2) is 5.01 Å². The van der Waals surface area contributed by atoms with Gasteiger partial charge in [-0.15, -0.1) is 0 Å². The van der Waals surface area contributed by atoms with Crippen molar-refractivity contribution in [1.82, 2.24) is 14.9 Å². The molecule has 1 fully saturated rings. The summed E-state index contributed by atoms with van der Waals surface area (Å²) in [7, 11) is 6.47. The molecule has 1 aliphatic rings. The molecular formula is C12H25N3. The van der Waals surface area contributed by atoms with E-state index in [4.69, 9.17) is 0 Å². The van der Waals surface area contributed by atoms with E-state index in [0.29, 0.717) is 6.04 Å². The Morgan fingerprint density at radius 2 is 1.80 bits per heavy atom. The van der Waals surface area contributed by atoms with Gasteiger partial charge in [-0.1, -0.05) is 6.08 Å². The van der Waals surface area contributed by atoms with Gasteiger partial charge in [0.25, 0.3) is 0 Å². The maximum atomic E-state index is 2.42. The van der Waals surface area contributed by atoms with Gasteiger partial charge in [-0.05, 0) is 46.8 Å². The van der Waals surface area contributed by atoms with Crippen LogP contribution in [0.3, 0.4) is 0 Å². The highest BCUT2D eigenvalue weighted by Gasteiger charge is 2.24. The van der Waals surface area contributed by atoms with Crippen LogP contribution in [0.4, 0.5) is 0 Å². The standard InChI is InChI=1S/C12H25N3/c1-6-11(2)15(13(3)4)12-7-9-14(5)10-8-12/h6,12H,7-10H2,1-5H3/b11-6-. The zero-order valence-electron chi connectivity index (χ0n) is 10.8. The van der Waals surface area contributed by atoms with Gasteiger partial charge in [0.1, 0.15) is 0 Å². The van der Waals surface area contributed by atoms with Crippen LogP contribution in [-0.2, 0) is 0 Å². The molecule has 0 amide bonds. The summed E-state index contributed by atoms with van der Waals surface area (Å²) < 4.78 is 0. The highest BCUT2D eigenvalue weighted by atomic mass is 15.6. The SMILES string of the molecule is C/C=C(/C)N(C1CCN(C)CC1)N(C)C. The highest BCUT2D eigenvalue weighted by molar-refractivity contribution is 4.97. The van der Waals surface area contributed by atoms with E-state index in [1.807, 2.05) is 0 Å². The van der Waals surface area contributed by atoms with Gasteiger partial charge in [0.2, 0.25) is 0 Å². The predicted molar refractivity (Wildman–Crippen MR) is 65.5 cm³/mol. The molecule has 0 spiro atoms. The fraction of sp³-hybridized carbons (Fsp3) is 0.833. The van der Waals surface area contributed by atoms with Crippen molar-refractivity contribution in [3.63, 3.8) is 0 Å². The molecule has 0 aliphatic carbocycles. The number of hydrazine groups is 1.